The molecule has 0 saturated carbocycles. The third-order valence-electron chi connectivity index (χ3n) is 2.59. The Morgan fingerprint density at radius 2 is 1.95 bits per heavy atom. The van der Waals surface area contributed by atoms with Gasteiger partial charge < -0.3 is 0 Å². The van der Waals surface area contributed by atoms with Gasteiger partial charge in [-0.25, -0.2) is 8.78 Å². The Bertz CT molecular complexity index is 611. The van der Waals surface area contributed by atoms with Crippen LogP contribution in [0.15, 0.2) is 47.4 Å². The van der Waals surface area contributed by atoms with Crippen molar-refractivity contribution < 1.29 is 13.6 Å². The zero-order valence-corrected chi connectivity index (χ0v) is 11.1. The molecule has 0 radical (unpaired) electrons. The molecule has 0 bridgehead atoms. The number of ketones is 1. The lowest BCUT2D eigenvalue weighted by Gasteiger charge is -2.04. The molecule has 0 amide bonds. The third kappa shape index (κ3) is 3.64. The van der Waals surface area contributed by atoms with Crippen LogP contribution in [0.25, 0.3) is 0 Å². The summed E-state index contributed by atoms with van der Waals surface area (Å²) in [6.45, 7) is 1.96. The highest BCUT2D eigenvalue weighted by molar-refractivity contribution is 8.00. The van der Waals surface area contributed by atoms with Crippen LogP contribution in [0.1, 0.15) is 15.9 Å². The minimum Gasteiger partial charge on any atom is -0.293 e. The number of carbonyl (C=O) groups excluding carboxylic acids is 1. The summed E-state index contributed by atoms with van der Waals surface area (Å²) in [5.74, 6) is -1.70. The molecular weight excluding hydrogens is 266 g/mol. The summed E-state index contributed by atoms with van der Waals surface area (Å²) >= 11 is 1.34. The van der Waals surface area contributed by atoms with Crippen LogP contribution in [0.5, 0.6) is 0 Å². The quantitative estimate of drug-likeness (QED) is 0.614. The zero-order valence-electron chi connectivity index (χ0n) is 10.3. The van der Waals surface area contributed by atoms with Crippen LogP contribution in [0.3, 0.4) is 0 Å². The maximum Gasteiger partial charge on any atom is 0.176 e. The first-order valence-corrected chi connectivity index (χ1v) is 6.72. The monoisotopic (exact) mass is 278 g/mol. The lowest BCUT2D eigenvalue weighted by atomic mass is 10.1. The van der Waals surface area contributed by atoms with Crippen LogP contribution in [0, 0.1) is 18.6 Å². The maximum absolute atomic E-state index is 13.4. The standard InChI is InChI=1S/C15H12F2OS/c1-10-3-2-4-12(7-10)19-9-15(18)13-6-5-11(16)8-14(13)17/h2-8H,9H2,1H3. The van der Waals surface area contributed by atoms with E-state index in [1.165, 1.54) is 17.8 Å². The van der Waals surface area contributed by atoms with Gasteiger partial charge in [-0.15, -0.1) is 11.8 Å². The normalized spacial score (nSPS) is 10.5. The molecule has 0 aliphatic heterocycles. The fourth-order valence-corrected chi connectivity index (χ4v) is 2.54. The fraction of sp³-hybridized carbons (Fsp3) is 0.133. The van der Waals surface area contributed by atoms with Gasteiger partial charge in [0.15, 0.2) is 5.78 Å². The number of thioether (sulfide) groups is 1. The molecule has 0 unspecified atom stereocenters. The summed E-state index contributed by atoms with van der Waals surface area (Å²) in [7, 11) is 0. The Hall–Kier alpha value is -1.68. The minimum atomic E-state index is -0.810. The number of Topliss-reactive ketones (excluding diaryl/α,β-unsaturated/α-hetero) is 1. The van der Waals surface area contributed by atoms with Crippen molar-refractivity contribution in [1.29, 1.82) is 0 Å². The Morgan fingerprint density at radius 3 is 2.63 bits per heavy atom. The highest BCUT2D eigenvalue weighted by atomic mass is 32.2. The molecule has 0 saturated heterocycles. The van der Waals surface area contributed by atoms with E-state index in [1.54, 1.807) is 0 Å². The summed E-state index contributed by atoms with van der Waals surface area (Å²) in [6.07, 6.45) is 0. The van der Waals surface area contributed by atoms with Crippen LogP contribution < -0.4 is 0 Å². The van der Waals surface area contributed by atoms with Gasteiger partial charge in [0.1, 0.15) is 11.6 Å². The molecule has 0 heterocycles. The second kappa shape index (κ2) is 5.97. The van der Waals surface area contributed by atoms with Crippen molar-refractivity contribution in [3.05, 3.63) is 65.2 Å². The van der Waals surface area contributed by atoms with Crippen LogP contribution >= 0.6 is 11.8 Å². The minimum absolute atomic E-state index is 0.0680. The summed E-state index contributed by atoms with van der Waals surface area (Å²) in [5, 5.41) is 0. The van der Waals surface area contributed by atoms with Crippen molar-refractivity contribution in [2.75, 3.05) is 5.75 Å². The maximum atomic E-state index is 13.4. The molecule has 2 rings (SSSR count). The van der Waals surface area contributed by atoms with Crippen molar-refractivity contribution in [3.8, 4) is 0 Å². The first kappa shape index (κ1) is 13.7. The van der Waals surface area contributed by atoms with E-state index in [0.29, 0.717) is 0 Å². The molecule has 2 aromatic carbocycles. The van der Waals surface area contributed by atoms with Gasteiger partial charge >= 0.3 is 0 Å². The van der Waals surface area contributed by atoms with Crippen molar-refractivity contribution in [1.82, 2.24) is 0 Å². The van der Waals surface area contributed by atoms with E-state index in [-0.39, 0.29) is 17.1 Å². The highest BCUT2D eigenvalue weighted by Crippen LogP contribution is 2.21. The van der Waals surface area contributed by atoms with Crippen LogP contribution in [0.4, 0.5) is 8.78 Å². The number of benzene rings is 2. The van der Waals surface area contributed by atoms with Crippen molar-refractivity contribution >= 4 is 17.5 Å². The average Bonchev–Trinajstić information content (AvgIpc) is 2.36. The SMILES string of the molecule is Cc1cccc(SCC(=O)c2ccc(F)cc2F)c1. The van der Waals surface area contributed by atoms with Gasteiger partial charge in [0.25, 0.3) is 0 Å². The number of hydrogen-bond acceptors (Lipinski definition) is 2. The van der Waals surface area contributed by atoms with Crippen molar-refractivity contribution in [2.24, 2.45) is 0 Å². The fourth-order valence-electron chi connectivity index (χ4n) is 1.65. The second-order valence-electron chi connectivity index (χ2n) is 4.15. The van der Waals surface area contributed by atoms with Crippen LogP contribution in [0.2, 0.25) is 0 Å². The van der Waals surface area contributed by atoms with Gasteiger partial charge in [0.2, 0.25) is 0 Å². The molecule has 2 aromatic rings. The molecule has 0 aliphatic rings. The second-order valence-corrected chi connectivity index (χ2v) is 5.20. The van der Waals surface area contributed by atoms with Crippen LogP contribution in [-0.2, 0) is 0 Å². The Morgan fingerprint density at radius 1 is 1.16 bits per heavy atom. The van der Waals surface area contributed by atoms with E-state index in [2.05, 4.69) is 0 Å². The zero-order chi connectivity index (χ0) is 13.8. The molecule has 0 N–H and O–H groups in total. The molecule has 0 spiro atoms. The molecule has 4 heteroatoms. The Balaban J connectivity index is 2.05. The smallest absolute Gasteiger partial charge is 0.176 e. The van der Waals surface area contributed by atoms with Crippen molar-refractivity contribution in [2.45, 2.75) is 11.8 Å². The van der Waals surface area contributed by atoms with E-state index in [0.717, 1.165) is 22.6 Å². The van der Waals surface area contributed by atoms with Gasteiger partial charge in [0.05, 0.1) is 11.3 Å². The lowest BCUT2D eigenvalue weighted by molar-refractivity contribution is 0.101. The first-order chi connectivity index (χ1) is 9.06. The number of halogens is 2. The molecule has 98 valence electrons. The predicted molar refractivity (Wildman–Crippen MR) is 72.6 cm³/mol. The molecule has 0 atom stereocenters. The van der Waals surface area contributed by atoms with E-state index < -0.39 is 11.6 Å². The van der Waals surface area contributed by atoms with Gasteiger partial charge in [-0.1, -0.05) is 17.7 Å². The lowest BCUT2D eigenvalue weighted by Crippen LogP contribution is -2.05. The first-order valence-electron chi connectivity index (χ1n) is 5.74. The summed E-state index contributed by atoms with van der Waals surface area (Å²) in [4.78, 5) is 12.8. The molecule has 1 nitrogen and oxygen atoms in total. The third-order valence-corrected chi connectivity index (χ3v) is 3.58. The van der Waals surface area contributed by atoms with Gasteiger partial charge in [0, 0.05) is 11.0 Å². The molecule has 0 fully saturated rings. The number of aryl methyl sites for hydroxylation is 1. The molecule has 19 heavy (non-hydrogen) atoms. The van der Waals surface area contributed by atoms with Gasteiger partial charge in [-0.2, -0.15) is 0 Å². The number of rotatable bonds is 4. The van der Waals surface area contributed by atoms with E-state index in [9.17, 15) is 13.6 Å². The average molecular weight is 278 g/mol. The van der Waals surface area contributed by atoms with E-state index in [4.69, 9.17) is 0 Å². The summed E-state index contributed by atoms with van der Waals surface area (Å²) < 4.78 is 26.2. The predicted octanol–water partition coefficient (Wildman–Crippen LogP) is 4.25. The van der Waals surface area contributed by atoms with Gasteiger partial charge in [-0.05, 0) is 31.2 Å². The Labute approximate surface area is 114 Å². The van der Waals surface area contributed by atoms with Crippen molar-refractivity contribution in [3.63, 3.8) is 0 Å². The largest absolute Gasteiger partial charge is 0.293 e. The number of carbonyl (C=O) groups is 1. The topological polar surface area (TPSA) is 17.1 Å². The van der Waals surface area contributed by atoms with Gasteiger partial charge in [-0.3, -0.25) is 4.79 Å². The van der Waals surface area contributed by atoms with E-state index >= 15 is 0 Å². The highest BCUT2D eigenvalue weighted by Gasteiger charge is 2.12. The summed E-state index contributed by atoms with van der Waals surface area (Å²) in [5.41, 5.74) is 1.03. The van der Waals surface area contributed by atoms with E-state index in [1.807, 2.05) is 31.2 Å². The van der Waals surface area contributed by atoms with Crippen LogP contribution in [-0.4, -0.2) is 11.5 Å². The molecule has 0 aliphatic carbocycles. The summed E-state index contributed by atoms with van der Waals surface area (Å²) in [6, 6.07) is 10.7. The molecular formula is C15H12F2OS. The molecule has 0 aromatic heterocycles. The number of hydrogen-bond donors (Lipinski definition) is 0. The Kier molecular flexibility index (Phi) is 4.32.